The van der Waals surface area contributed by atoms with Crippen molar-refractivity contribution in [1.29, 1.82) is 0 Å². The van der Waals surface area contributed by atoms with E-state index < -0.39 is 0 Å². The summed E-state index contributed by atoms with van der Waals surface area (Å²) in [5.74, 6) is 1.78. The molecule has 0 aromatic carbocycles. The molecule has 2 unspecified atom stereocenters. The molecule has 1 rings (SSSR count). The zero-order valence-corrected chi connectivity index (χ0v) is 12.0. The summed E-state index contributed by atoms with van der Waals surface area (Å²) in [4.78, 5) is 0. The predicted molar refractivity (Wildman–Crippen MR) is 49.3 cm³/mol. The summed E-state index contributed by atoms with van der Waals surface area (Å²) in [5, 5.41) is 0. The van der Waals surface area contributed by atoms with E-state index in [4.69, 9.17) is 0 Å². The van der Waals surface area contributed by atoms with Gasteiger partial charge in [-0.3, -0.25) is 0 Å². The molecule has 0 bridgehead atoms. The fourth-order valence-corrected chi connectivity index (χ4v) is 0.981. The van der Waals surface area contributed by atoms with Crippen LogP contribution in [-0.4, -0.2) is 0 Å². The topological polar surface area (TPSA) is 0 Å². The first kappa shape index (κ1) is 18.4. The van der Waals surface area contributed by atoms with Crippen LogP contribution in [0.15, 0.2) is 0 Å². The van der Waals surface area contributed by atoms with Crippen molar-refractivity contribution in [3.8, 4) is 0 Å². The minimum absolute atomic E-state index is 0. The molecule has 0 heterocycles. The molecule has 0 nitrogen and oxygen atoms in total. The van der Waals surface area contributed by atoms with Crippen molar-refractivity contribution < 1.29 is 51.4 Å². The maximum atomic E-state index is 3.84. The van der Waals surface area contributed by atoms with E-state index in [2.05, 4.69) is 20.3 Å². The summed E-state index contributed by atoms with van der Waals surface area (Å²) in [6, 6.07) is 0. The second-order valence-electron chi connectivity index (χ2n) is 2.38. The van der Waals surface area contributed by atoms with Gasteiger partial charge in [0.15, 0.2) is 0 Å². The van der Waals surface area contributed by atoms with E-state index in [1.807, 2.05) is 13.8 Å². The van der Waals surface area contributed by atoms with Gasteiger partial charge in [-0.05, 0) is 0 Å². The van der Waals surface area contributed by atoms with Crippen molar-refractivity contribution >= 4 is 0 Å². The largest absolute Gasteiger partial charge is 1.00 e. The average Bonchev–Trinajstić information content (AvgIpc) is 1.91. The maximum Gasteiger partial charge on any atom is 1.00 e. The molecule has 0 saturated heterocycles. The Morgan fingerprint density at radius 3 is 1.91 bits per heavy atom. The van der Waals surface area contributed by atoms with E-state index >= 15 is 0 Å². The van der Waals surface area contributed by atoms with E-state index in [1.165, 1.54) is 6.42 Å². The van der Waals surface area contributed by atoms with Crippen molar-refractivity contribution in [3.05, 3.63) is 20.8 Å². The third-order valence-electron chi connectivity index (χ3n) is 1.92. The van der Waals surface area contributed by atoms with Crippen LogP contribution in [0.1, 0.15) is 33.6 Å². The van der Waals surface area contributed by atoms with Gasteiger partial charge in [0.2, 0.25) is 0 Å². The molecule has 1 aliphatic carbocycles. The summed E-state index contributed by atoms with van der Waals surface area (Å²) >= 11 is 0. The second kappa shape index (κ2) is 11.6. The fraction of sp³-hybridized carbons (Fsp3) is 0.700. The Labute approximate surface area is 116 Å². The normalized spacial score (nSPS) is 26.2. The summed E-state index contributed by atoms with van der Waals surface area (Å²) in [6.07, 6.45) is 4.79. The van der Waals surface area contributed by atoms with Gasteiger partial charge in [-0.15, -0.1) is 5.92 Å². The molecule has 0 radical (unpaired) electrons. The quantitative estimate of drug-likeness (QED) is 0.408. The van der Waals surface area contributed by atoms with Crippen LogP contribution in [0.25, 0.3) is 0 Å². The molecule has 64 valence electrons. The Morgan fingerprint density at radius 2 is 1.91 bits per heavy atom. The molecule has 1 saturated carbocycles. The van der Waals surface area contributed by atoms with Crippen LogP contribution in [0.5, 0.6) is 0 Å². The van der Waals surface area contributed by atoms with Crippen molar-refractivity contribution in [2.45, 2.75) is 33.6 Å². The van der Waals surface area contributed by atoms with Gasteiger partial charge in [0.25, 0.3) is 0 Å². The number of hydrogen-bond donors (Lipinski definition) is 0. The van der Waals surface area contributed by atoms with Gasteiger partial charge in [-0.2, -0.15) is 18.8 Å². The Balaban J connectivity index is -0.000000149. The van der Waals surface area contributed by atoms with Gasteiger partial charge in [0.05, 0.1) is 0 Å². The van der Waals surface area contributed by atoms with E-state index in [9.17, 15) is 0 Å². The van der Waals surface area contributed by atoms with Gasteiger partial charge in [-0.1, -0.05) is 20.8 Å². The molecule has 0 amide bonds. The van der Waals surface area contributed by atoms with E-state index in [0.717, 1.165) is 18.3 Å². The molecule has 1 aliphatic rings. The maximum absolute atomic E-state index is 3.84. The minimum atomic E-state index is 0. The molecule has 0 N–H and O–H groups in total. The first-order valence-corrected chi connectivity index (χ1v) is 3.97. The molecule has 11 heavy (non-hydrogen) atoms. The van der Waals surface area contributed by atoms with Crippen LogP contribution in [-0.2, 0) is 0 Å². The van der Waals surface area contributed by atoms with Gasteiger partial charge >= 0.3 is 51.4 Å². The molecular formula is C10H21K-2. The molecular weight excluding hydrogens is 159 g/mol. The average molecular weight is 180 g/mol. The SMILES string of the molecule is CC.[CH2-]CC1C[CH-]C1C.[CH3-].[K+]. The van der Waals surface area contributed by atoms with E-state index in [-0.39, 0.29) is 58.8 Å². The van der Waals surface area contributed by atoms with Gasteiger partial charge in [-0.25, -0.2) is 0 Å². The first-order chi connectivity index (χ1) is 4.34. The van der Waals surface area contributed by atoms with Crippen molar-refractivity contribution in [1.82, 2.24) is 0 Å². The third kappa shape index (κ3) is 6.77. The van der Waals surface area contributed by atoms with E-state index in [0.29, 0.717) is 0 Å². The number of hydrogen-bond acceptors (Lipinski definition) is 0. The monoisotopic (exact) mass is 180 g/mol. The van der Waals surface area contributed by atoms with Crippen LogP contribution in [0, 0.1) is 32.6 Å². The van der Waals surface area contributed by atoms with Crippen LogP contribution < -0.4 is 51.4 Å². The van der Waals surface area contributed by atoms with Crippen LogP contribution >= 0.6 is 0 Å². The molecule has 0 aromatic heterocycles. The fourth-order valence-electron chi connectivity index (χ4n) is 0.981. The molecule has 0 aliphatic heterocycles. The molecule has 1 heteroatoms. The van der Waals surface area contributed by atoms with Gasteiger partial charge in [0.1, 0.15) is 0 Å². The third-order valence-corrected chi connectivity index (χ3v) is 1.92. The van der Waals surface area contributed by atoms with Crippen molar-refractivity contribution in [2.24, 2.45) is 11.8 Å². The minimum Gasteiger partial charge on any atom is -0.358 e. The second-order valence-corrected chi connectivity index (χ2v) is 2.38. The molecule has 2 atom stereocenters. The summed E-state index contributed by atoms with van der Waals surface area (Å²) in [5.41, 5.74) is 0. The van der Waals surface area contributed by atoms with Gasteiger partial charge in [0, 0.05) is 0 Å². The zero-order chi connectivity index (χ0) is 7.28. The zero-order valence-electron chi connectivity index (χ0n) is 8.85. The Kier molecular flexibility index (Phi) is 19.5. The molecule has 0 aromatic rings. The van der Waals surface area contributed by atoms with E-state index in [1.54, 1.807) is 0 Å². The summed E-state index contributed by atoms with van der Waals surface area (Å²) < 4.78 is 0. The Morgan fingerprint density at radius 1 is 1.45 bits per heavy atom. The Hall–Kier alpha value is 1.64. The summed E-state index contributed by atoms with van der Waals surface area (Å²) in [6.45, 7) is 10.1. The van der Waals surface area contributed by atoms with Crippen LogP contribution in [0.3, 0.4) is 0 Å². The van der Waals surface area contributed by atoms with Crippen LogP contribution in [0.2, 0.25) is 0 Å². The first-order valence-electron chi connectivity index (χ1n) is 3.97. The predicted octanol–water partition coefficient (Wildman–Crippen LogP) is 0.551. The molecule has 1 fully saturated rings. The van der Waals surface area contributed by atoms with Crippen molar-refractivity contribution in [3.63, 3.8) is 0 Å². The summed E-state index contributed by atoms with van der Waals surface area (Å²) in [7, 11) is 0. The van der Waals surface area contributed by atoms with Gasteiger partial charge < -0.3 is 20.8 Å². The molecule has 0 spiro atoms. The standard InChI is InChI=1S/C7H12.C2H6.CH3.K/c1-3-7-5-4-6(7)2;1-2;;/h4,6-7H,1,3,5H2,2H3;1-2H3;1H3;/q-2;;-1;+1. The van der Waals surface area contributed by atoms with Crippen molar-refractivity contribution in [2.75, 3.05) is 0 Å². The Bertz CT molecular complexity index is 59.9. The smallest absolute Gasteiger partial charge is 0.358 e. The van der Waals surface area contributed by atoms with Crippen LogP contribution in [0.4, 0.5) is 0 Å². The number of rotatable bonds is 1.